The summed E-state index contributed by atoms with van der Waals surface area (Å²) in [5, 5.41) is 0. The molecule has 0 radical (unpaired) electrons. The Morgan fingerprint density at radius 3 is 2.79 bits per heavy atom. The van der Waals surface area contributed by atoms with E-state index < -0.39 is 0 Å². The van der Waals surface area contributed by atoms with Gasteiger partial charge in [-0.05, 0) is 61.8 Å². The van der Waals surface area contributed by atoms with Crippen molar-refractivity contribution in [1.29, 1.82) is 0 Å². The van der Waals surface area contributed by atoms with Crippen LogP contribution in [0, 0.1) is 6.92 Å². The van der Waals surface area contributed by atoms with Gasteiger partial charge in [-0.15, -0.1) is 0 Å². The Bertz CT molecular complexity index is 839. The fourth-order valence-electron chi connectivity index (χ4n) is 3.56. The molecule has 2 aromatic rings. The van der Waals surface area contributed by atoms with Crippen LogP contribution < -0.4 is 5.56 Å². The molecule has 0 bridgehead atoms. The number of hydrogen-bond acceptors (Lipinski definition) is 3. The number of nitrogens with zero attached hydrogens (tertiary/aromatic N) is 2. The molecule has 2 aliphatic rings. The van der Waals surface area contributed by atoms with Crippen molar-refractivity contribution in [2.45, 2.75) is 44.6 Å². The second-order valence-corrected chi connectivity index (χ2v) is 6.88. The molecule has 1 N–H and O–H groups in total. The van der Waals surface area contributed by atoms with Gasteiger partial charge in [0.05, 0.1) is 6.04 Å². The van der Waals surface area contributed by atoms with Crippen molar-refractivity contribution < 1.29 is 4.79 Å². The van der Waals surface area contributed by atoms with E-state index in [1.54, 1.807) is 6.07 Å². The summed E-state index contributed by atoms with van der Waals surface area (Å²) in [6, 6.07) is 5.67. The first-order chi connectivity index (χ1) is 11.6. The largest absolute Gasteiger partial charge is 0.331 e. The molecule has 5 heteroatoms. The van der Waals surface area contributed by atoms with Crippen LogP contribution in [-0.4, -0.2) is 27.3 Å². The second kappa shape index (κ2) is 5.89. The van der Waals surface area contributed by atoms with Gasteiger partial charge in [0.15, 0.2) is 0 Å². The highest BCUT2D eigenvalue weighted by atomic mass is 16.2. The Balaban J connectivity index is 1.62. The SMILES string of the molecule is Cc1cncc(C2CCCN2C(=O)c2ccc(C3CC3)[nH]c2=O)c1. The Morgan fingerprint density at radius 1 is 1.25 bits per heavy atom. The molecule has 1 unspecified atom stereocenters. The van der Waals surface area contributed by atoms with E-state index in [9.17, 15) is 9.59 Å². The average Bonchev–Trinajstić information content (AvgIpc) is 3.31. The average molecular weight is 323 g/mol. The summed E-state index contributed by atoms with van der Waals surface area (Å²) in [6.07, 6.45) is 7.74. The molecular formula is C19H21N3O2. The number of aromatic nitrogens is 2. The molecule has 4 rings (SSSR count). The van der Waals surface area contributed by atoms with Gasteiger partial charge in [-0.1, -0.05) is 6.07 Å². The monoisotopic (exact) mass is 323 g/mol. The summed E-state index contributed by atoms with van der Waals surface area (Å²) in [4.78, 5) is 34.2. The molecule has 0 aromatic carbocycles. The minimum Gasteiger partial charge on any atom is -0.331 e. The van der Waals surface area contributed by atoms with Gasteiger partial charge in [-0.3, -0.25) is 14.6 Å². The van der Waals surface area contributed by atoms with Crippen molar-refractivity contribution in [3.05, 3.63) is 63.3 Å². The maximum atomic E-state index is 12.9. The summed E-state index contributed by atoms with van der Waals surface area (Å²) in [6.45, 7) is 2.68. The van der Waals surface area contributed by atoms with Crippen molar-refractivity contribution in [2.75, 3.05) is 6.54 Å². The summed E-state index contributed by atoms with van der Waals surface area (Å²) >= 11 is 0. The van der Waals surface area contributed by atoms with Gasteiger partial charge in [0, 0.05) is 24.6 Å². The highest BCUT2D eigenvalue weighted by molar-refractivity contribution is 5.94. The van der Waals surface area contributed by atoms with Crippen LogP contribution in [0.4, 0.5) is 0 Å². The van der Waals surface area contributed by atoms with E-state index in [4.69, 9.17) is 0 Å². The van der Waals surface area contributed by atoms with Crippen molar-refractivity contribution in [3.63, 3.8) is 0 Å². The van der Waals surface area contributed by atoms with Crippen LogP contribution in [0.5, 0.6) is 0 Å². The molecule has 0 spiro atoms. The van der Waals surface area contributed by atoms with Crippen LogP contribution >= 0.6 is 0 Å². The summed E-state index contributed by atoms with van der Waals surface area (Å²) in [7, 11) is 0. The smallest absolute Gasteiger partial charge is 0.261 e. The molecule has 24 heavy (non-hydrogen) atoms. The minimum atomic E-state index is -0.266. The molecule has 1 aliphatic carbocycles. The fraction of sp³-hybridized carbons (Fsp3) is 0.421. The Labute approximate surface area is 140 Å². The molecule has 2 fully saturated rings. The first-order valence-electron chi connectivity index (χ1n) is 8.59. The minimum absolute atomic E-state index is 0.00686. The van der Waals surface area contributed by atoms with Crippen LogP contribution in [0.25, 0.3) is 0 Å². The van der Waals surface area contributed by atoms with Crippen LogP contribution in [0.15, 0.2) is 35.4 Å². The van der Waals surface area contributed by atoms with Crippen molar-refractivity contribution in [3.8, 4) is 0 Å². The van der Waals surface area contributed by atoms with E-state index in [1.165, 1.54) is 0 Å². The van der Waals surface area contributed by atoms with Gasteiger partial charge >= 0.3 is 0 Å². The molecule has 1 atom stereocenters. The van der Waals surface area contributed by atoms with Crippen molar-refractivity contribution in [2.24, 2.45) is 0 Å². The predicted octanol–water partition coefficient (Wildman–Crippen LogP) is 2.93. The van der Waals surface area contributed by atoms with Gasteiger partial charge < -0.3 is 9.88 Å². The molecule has 1 saturated carbocycles. The van der Waals surface area contributed by atoms with Gasteiger partial charge in [-0.25, -0.2) is 0 Å². The number of nitrogens with one attached hydrogen (secondary N) is 1. The van der Waals surface area contributed by atoms with Crippen molar-refractivity contribution in [1.82, 2.24) is 14.9 Å². The molecule has 5 nitrogen and oxygen atoms in total. The highest BCUT2D eigenvalue weighted by Gasteiger charge is 2.32. The lowest BCUT2D eigenvalue weighted by atomic mass is 10.0. The zero-order valence-electron chi connectivity index (χ0n) is 13.8. The molecule has 1 aliphatic heterocycles. The predicted molar refractivity (Wildman–Crippen MR) is 91.0 cm³/mol. The van der Waals surface area contributed by atoms with E-state index in [-0.39, 0.29) is 23.1 Å². The number of aromatic amines is 1. The summed E-state index contributed by atoms with van der Waals surface area (Å²) in [5.41, 5.74) is 3.06. The van der Waals surface area contributed by atoms with E-state index in [0.29, 0.717) is 12.5 Å². The fourth-order valence-corrected chi connectivity index (χ4v) is 3.56. The number of pyridine rings is 2. The molecule has 1 amide bonds. The third-order valence-electron chi connectivity index (χ3n) is 4.97. The Kier molecular flexibility index (Phi) is 3.71. The van der Waals surface area contributed by atoms with Gasteiger partial charge in [0.25, 0.3) is 11.5 Å². The Hall–Kier alpha value is -2.43. The molecule has 3 heterocycles. The van der Waals surface area contributed by atoms with E-state index in [2.05, 4.69) is 16.0 Å². The van der Waals surface area contributed by atoms with Crippen LogP contribution in [0.2, 0.25) is 0 Å². The van der Waals surface area contributed by atoms with Gasteiger partial charge in [0.1, 0.15) is 5.56 Å². The standard InChI is InChI=1S/C19H21N3O2/c1-12-9-14(11-20-10-12)17-3-2-8-22(17)19(24)15-6-7-16(13-4-5-13)21-18(15)23/h6-7,9-11,13,17H,2-5,8H2,1H3,(H,21,23). The van der Waals surface area contributed by atoms with E-state index in [1.807, 2.05) is 30.3 Å². The first-order valence-corrected chi connectivity index (χ1v) is 8.59. The van der Waals surface area contributed by atoms with Crippen LogP contribution in [0.3, 0.4) is 0 Å². The molecule has 1 saturated heterocycles. The number of H-pyrrole nitrogens is 1. The number of aryl methyl sites for hydroxylation is 1. The number of amides is 1. The maximum Gasteiger partial charge on any atom is 0.261 e. The van der Waals surface area contributed by atoms with Gasteiger partial charge in [0.2, 0.25) is 0 Å². The summed E-state index contributed by atoms with van der Waals surface area (Å²) in [5.74, 6) is 0.294. The maximum absolute atomic E-state index is 12.9. The van der Waals surface area contributed by atoms with Crippen LogP contribution in [-0.2, 0) is 0 Å². The van der Waals surface area contributed by atoms with E-state index >= 15 is 0 Å². The number of rotatable bonds is 3. The topological polar surface area (TPSA) is 66.1 Å². The first kappa shape index (κ1) is 15.1. The van der Waals surface area contributed by atoms with E-state index in [0.717, 1.165) is 42.5 Å². The number of likely N-dealkylation sites (tertiary alicyclic amines) is 1. The van der Waals surface area contributed by atoms with Crippen LogP contribution in [0.1, 0.15) is 64.8 Å². The Morgan fingerprint density at radius 2 is 2.08 bits per heavy atom. The lowest BCUT2D eigenvalue weighted by Gasteiger charge is -2.25. The normalized spacial score (nSPS) is 20.4. The third-order valence-corrected chi connectivity index (χ3v) is 4.97. The number of carbonyl (C=O) groups excluding carboxylic acids is 1. The van der Waals surface area contributed by atoms with Gasteiger partial charge in [-0.2, -0.15) is 0 Å². The lowest BCUT2D eigenvalue weighted by Crippen LogP contribution is -2.34. The quantitative estimate of drug-likeness (QED) is 0.944. The van der Waals surface area contributed by atoms with Crippen molar-refractivity contribution >= 4 is 5.91 Å². The molecular weight excluding hydrogens is 302 g/mol. The zero-order valence-corrected chi connectivity index (χ0v) is 13.8. The number of hydrogen-bond donors (Lipinski definition) is 1. The molecule has 124 valence electrons. The summed E-state index contributed by atoms with van der Waals surface area (Å²) < 4.78 is 0. The zero-order chi connectivity index (χ0) is 16.7. The lowest BCUT2D eigenvalue weighted by molar-refractivity contribution is 0.0733. The molecule has 2 aromatic heterocycles. The highest BCUT2D eigenvalue weighted by Crippen LogP contribution is 2.38. The third kappa shape index (κ3) is 2.75. The number of carbonyl (C=O) groups is 1. The second-order valence-electron chi connectivity index (χ2n) is 6.88.